The highest BCUT2D eigenvalue weighted by molar-refractivity contribution is 9.10. The second-order valence-corrected chi connectivity index (χ2v) is 27.0. The van der Waals surface area contributed by atoms with E-state index in [0.717, 1.165) is 124 Å². The van der Waals surface area contributed by atoms with Crippen molar-refractivity contribution < 1.29 is 27.4 Å². The summed E-state index contributed by atoms with van der Waals surface area (Å²) in [5.41, 5.74) is 19.8. The number of hydrogen-bond acceptors (Lipinski definition) is 1. The third-order valence-corrected chi connectivity index (χ3v) is 21.7. The molecule has 2 N–H and O–H groups in total. The fourth-order valence-corrected chi connectivity index (χ4v) is 17.3. The van der Waals surface area contributed by atoms with Gasteiger partial charge < -0.3 is 24.0 Å². The Balaban J connectivity index is 0.000000154. The third-order valence-electron chi connectivity index (χ3n) is 20.8. The molecule has 22 aromatic rings. The maximum Gasteiger partial charge on any atom is 0.0645 e. The molecule has 0 unspecified atom stereocenters. The molecule has 496 valence electrons. The number of nitrogens with two attached hydrogens (primary N) is 1. The van der Waals surface area contributed by atoms with Crippen molar-refractivity contribution in [3.63, 3.8) is 0 Å². The van der Waals surface area contributed by atoms with E-state index in [9.17, 15) is 0 Å². The van der Waals surface area contributed by atoms with E-state index < -0.39 is 72.5 Å². The van der Waals surface area contributed by atoms with Crippen molar-refractivity contribution in [2.24, 2.45) is 0 Å². The molecule has 0 saturated carbocycles. The van der Waals surface area contributed by atoms with Crippen LogP contribution in [0.2, 0.25) is 0 Å². The van der Waals surface area contributed by atoms with Gasteiger partial charge in [0.05, 0.1) is 71.5 Å². The molecular weight excluding hydrogens is 1350 g/mol. The number of aromatic nitrogens is 4. The van der Waals surface area contributed by atoms with Crippen molar-refractivity contribution in [1.29, 1.82) is 0 Å². The van der Waals surface area contributed by atoms with E-state index in [0.29, 0.717) is 60.9 Å². The summed E-state index contributed by atoms with van der Waals surface area (Å²) in [6.07, 6.45) is 0. The average Bonchev–Trinajstić information content (AvgIpc) is 1.56. The molecule has 0 aliphatic heterocycles. The summed E-state index contributed by atoms with van der Waals surface area (Å²) in [5.74, 6) is 0. The van der Waals surface area contributed by atoms with Gasteiger partial charge in [0.15, 0.2) is 0 Å². The maximum absolute atomic E-state index is 9.03. The Hall–Kier alpha value is -13.5. The molecule has 0 spiro atoms. The Morgan fingerprint density at radius 1 is 0.208 bits per heavy atom. The summed E-state index contributed by atoms with van der Waals surface area (Å²) >= 11 is 4.08. The maximum atomic E-state index is 9.03. The second-order valence-electron chi connectivity index (χ2n) is 26.2. The lowest BCUT2D eigenvalue weighted by molar-refractivity contribution is 1.18. The average molecular weight is 1440 g/mol. The van der Waals surface area contributed by atoms with Crippen molar-refractivity contribution >= 4 is 152 Å². The normalized spacial score (nSPS) is 14.5. The molecule has 106 heavy (non-hydrogen) atoms. The molecule has 0 fully saturated rings. The third kappa shape index (κ3) is 9.34. The number of nitrogen functional groups attached to an aromatic ring is 1. The molecule has 4 aromatic heterocycles. The Bertz CT molecular complexity index is 7560. The number of para-hydroxylation sites is 9. The predicted octanol–water partition coefficient (Wildman–Crippen LogP) is 27.4. The van der Waals surface area contributed by atoms with Crippen LogP contribution < -0.4 is 5.73 Å². The van der Waals surface area contributed by atoms with Crippen molar-refractivity contribution in [2.75, 3.05) is 5.73 Å². The molecule has 5 nitrogen and oxygen atoms in total. The first-order valence-corrected chi connectivity index (χ1v) is 35.4. The predicted molar refractivity (Wildman–Crippen MR) is 454 cm³/mol. The lowest BCUT2D eigenvalue weighted by atomic mass is 9.89. The summed E-state index contributed by atoms with van der Waals surface area (Å²) in [4.78, 5) is 0. The Labute approximate surface area is 647 Å². The molecular formula is C100H64BrN5. The van der Waals surface area contributed by atoms with Crippen LogP contribution in [0, 0.1) is 0 Å². The number of hydrogen-bond donors (Lipinski definition) is 1. The Morgan fingerprint density at radius 3 is 0.670 bits per heavy atom. The number of benzene rings is 18. The summed E-state index contributed by atoms with van der Waals surface area (Å²) in [7, 11) is 0. The lowest BCUT2D eigenvalue weighted by Gasteiger charge is -2.17. The summed E-state index contributed by atoms with van der Waals surface area (Å²) in [5, 5.41) is 14.3. The molecule has 18 aromatic carbocycles. The Morgan fingerprint density at radius 2 is 0.415 bits per heavy atom. The first-order valence-electron chi connectivity index (χ1n) is 44.6. The highest BCUT2D eigenvalue weighted by Gasteiger charge is 2.26. The SMILES string of the molecule is [2H]c1c([2H])c([2H])c(-n2c3ccccc3c3c4ccccc4c(-c4cccc(-c5cc6c(c7ccccc57)c5ccccc5n6-c5c([2H])c([2H])c([2H])c([2H])c5[2H])c4Br)cc32)c([2H])c1[2H].[2H]c1c([2H])c([2H])c(-n2c3ccccc3c3c4ccccc4c(-c4cccc(-c5cc6c(c7ccccc57)c5ccccc5n6-c5c([2H])c([2H])c([2H])c([2H])c5[2H])c4N)cc32)c([2H])c1[2H]. The summed E-state index contributed by atoms with van der Waals surface area (Å²) in [6, 6.07) is 75.2. The quantitative estimate of drug-likeness (QED) is 0.151. The van der Waals surface area contributed by atoms with E-state index in [1.807, 2.05) is 231 Å². The molecule has 6 heteroatoms. The molecule has 4 heterocycles. The molecule has 22 rings (SSSR count). The molecule has 0 aliphatic rings. The standard InChI is InChI=1S/C50H31BrN2.C50H33N3/c2*51-50-38(42-30-46-48(36-22-9-7-20-34(36)42)40-24-11-13-28-44(40)52(46)32-16-3-1-4-17-32)26-15-27-39(50)43-31-47-49(37-23-10-8-21-35(37)43)41-25-12-14-29-45(41)53(47)33-18-5-2-6-19-33/h1-31H;1-31H,51H2/i2*1D,2D,3D,4D,5D,6D,16D,17D,18D,19D. The van der Waals surface area contributed by atoms with Crippen molar-refractivity contribution in [3.05, 3.63) is 380 Å². The molecule has 0 amide bonds. The molecule has 0 atom stereocenters. The van der Waals surface area contributed by atoms with Crippen LogP contribution in [0.3, 0.4) is 0 Å². The van der Waals surface area contributed by atoms with Gasteiger partial charge in [-0.1, -0.05) is 279 Å². The van der Waals surface area contributed by atoms with Crippen molar-refractivity contribution in [1.82, 2.24) is 18.3 Å². The minimum absolute atomic E-state index is 0.0458. The first-order chi connectivity index (χ1) is 60.8. The molecule has 0 saturated heterocycles. The largest absolute Gasteiger partial charge is 0.398 e. The van der Waals surface area contributed by atoms with Gasteiger partial charge in [-0.25, -0.2) is 0 Å². The number of fused-ring (bicyclic) bond motifs is 20. The van der Waals surface area contributed by atoms with Crippen LogP contribution in [0.15, 0.2) is 380 Å². The summed E-state index contributed by atoms with van der Waals surface area (Å²) < 4.78 is 182. The van der Waals surface area contributed by atoms with Gasteiger partial charge in [0, 0.05) is 87.1 Å². The number of rotatable bonds is 8. The minimum Gasteiger partial charge on any atom is -0.398 e. The summed E-state index contributed by atoms with van der Waals surface area (Å²) in [6.45, 7) is 0. The highest BCUT2D eigenvalue weighted by atomic mass is 79.9. The number of nitrogens with zero attached hydrogens (tertiary/aromatic N) is 4. The molecule has 0 aliphatic carbocycles. The van der Waals surface area contributed by atoms with Crippen LogP contribution in [-0.2, 0) is 0 Å². The van der Waals surface area contributed by atoms with Gasteiger partial charge in [0.25, 0.3) is 0 Å². The van der Waals surface area contributed by atoms with Gasteiger partial charge in [0.2, 0.25) is 0 Å². The van der Waals surface area contributed by atoms with Crippen LogP contribution in [0.4, 0.5) is 5.69 Å². The monoisotopic (exact) mass is 1430 g/mol. The van der Waals surface area contributed by atoms with Crippen LogP contribution in [0.25, 0.3) is 198 Å². The fraction of sp³-hybridized carbons (Fsp3) is 0. The van der Waals surface area contributed by atoms with E-state index in [-0.39, 0.29) is 71.1 Å². The lowest BCUT2D eigenvalue weighted by Crippen LogP contribution is -1.98. The highest BCUT2D eigenvalue weighted by Crippen LogP contribution is 2.51. The Kier molecular flexibility index (Phi) is 10.2. The van der Waals surface area contributed by atoms with Gasteiger partial charge in [-0.2, -0.15) is 0 Å². The molecule has 0 radical (unpaired) electrons. The van der Waals surface area contributed by atoms with Gasteiger partial charge in [-0.05, 0) is 189 Å². The van der Waals surface area contributed by atoms with Gasteiger partial charge in [0.1, 0.15) is 0 Å². The van der Waals surface area contributed by atoms with E-state index >= 15 is 0 Å². The minimum atomic E-state index is -0.468. The van der Waals surface area contributed by atoms with E-state index in [4.69, 9.17) is 33.1 Å². The topological polar surface area (TPSA) is 45.7 Å². The zero-order valence-electron chi connectivity index (χ0n) is 76.0. The van der Waals surface area contributed by atoms with Crippen LogP contribution in [0.1, 0.15) is 27.4 Å². The molecule has 0 bridgehead atoms. The van der Waals surface area contributed by atoms with E-state index in [2.05, 4.69) is 40.2 Å². The van der Waals surface area contributed by atoms with Gasteiger partial charge >= 0.3 is 0 Å². The van der Waals surface area contributed by atoms with E-state index in [1.165, 1.54) is 0 Å². The zero-order valence-corrected chi connectivity index (χ0v) is 57.6. The van der Waals surface area contributed by atoms with Crippen LogP contribution in [0.5, 0.6) is 0 Å². The second kappa shape index (κ2) is 24.6. The zero-order chi connectivity index (χ0) is 87.5. The van der Waals surface area contributed by atoms with Crippen LogP contribution in [-0.4, -0.2) is 18.3 Å². The van der Waals surface area contributed by atoms with Crippen LogP contribution >= 0.6 is 15.9 Å². The van der Waals surface area contributed by atoms with E-state index in [1.54, 1.807) is 18.3 Å². The first kappa shape index (κ1) is 44.1. The number of anilines is 1. The van der Waals surface area contributed by atoms with Gasteiger partial charge in [-0.3, -0.25) is 0 Å². The van der Waals surface area contributed by atoms with Crippen molar-refractivity contribution in [2.45, 2.75) is 0 Å². The fourth-order valence-electron chi connectivity index (χ4n) is 16.6. The van der Waals surface area contributed by atoms with Gasteiger partial charge in [-0.15, -0.1) is 0 Å². The van der Waals surface area contributed by atoms with Crippen molar-refractivity contribution in [3.8, 4) is 67.3 Å². The number of halogens is 1. The smallest absolute Gasteiger partial charge is 0.0645 e.